The van der Waals surface area contributed by atoms with Crippen molar-refractivity contribution in [1.82, 2.24) is 14.7 Å². The Kier molecular flexibility index (Phi) is 4.72. The van der Waals surface area contributed by atoms with E-state index in [-0.39, 0.29) is 36.1 Å². The molecule has 1 atom stereocenters. The largest absolute Gasteiger partial charge is 0.339 e. The third kappa shape index (κ3) is 3.61. The third-order valence-electron chi connectivity index (χ3n) is 5.71. The van der Waals surface area contributed by atoms with Gasteiger partial charge in [-0.3, -0.25) is 14.4 Å². The maximum Gasteiger partial charge on any atom is 0.225 e. The molecule has 3 aliphatic rings. The van der Waals surface area contributed by atoms with Crippen LogP contribution >= 0.6 is 0 Å². The molecule has 1 saturated carbocycles. The number of hydrogen-bond acceptors (Lipinski definition) is 3. The second kappa shape index (κ2) is 7.18. The first-order valence-electron chi connectivity index (χ1n) is 9.67. The first-order chi connectivity index (χ1) is 13.0. The van der Waals surface area contributed by atoms with Gasteiger partial charge >= 0.3 is 0 Å². The average molecular weight is 367 g/mol. The molecule has 0 aromatic heterocycles. The standard InChI is InChI=1S/C21H25N3O3/c1-15(25)24-9-8-16-4-2-3-5-18(16)19(24)14-20(26)22-10-12-23(13-11-22)21(27)17-6-7-17/h2-5,8-9,17,19H,6-7,10-14H2,1H3/t19-/m0/s1. The average Bonchev–Trinajstić information content (AvgIpc) is 3.53. The first-order valence-corrected chi connectivity index (χ1v) is 9.67. The number of rotatable bonds is 3. The molecular weight excluding hydrogens is 342 g/mol. The van der Waals surface area contributed by atoms with Crippen LogP contribution in [0.4, 0.5) is 0 Å². The Morgan fingerprint density at radius 1 is 1.00 bits per heavy atom. The molecule has 27 heavy (non-hydrogen) atoms. The summed E-state index contributed by atoms with van der Waals surface area (Å²) in [4.78, 5) is 42.5. The zero-order chi connectivity index (χ0) is 19.0. The van der Waals surface area contributed by atoms with Crippen molar-refractivity contribution in [2.75, 3.05) is 26.2 Å². The fourth-order valence-corrected chi connectivity index (χ4v) is 3.97. The monoisotopic (exact) mass is 367 g/mol. The molecule has 2 aliphatic heterocycles. The van der Waals surface area contributed by atoms with Crippen molar-refractivity contribution in [3.8, 4) is 0 Å². The van der Waals surface area contributed by atoms with E-state index in [0.29, 0.717) is 26.2 Å². The van der Waals surface area contributed by atoms with Gasteiger partial charge in [-0.1, -0.05) is 24.3 Å². The van der Waals surface area contributed by atoms with Crippen LogP contribution in [0.3, 0.4) is 0 Å². The molecule has 2 heterocycles. The van der Waals surface area contributed by atoms with Crippen LogP contribution in [0, 0.1) is 5.92 Å². The third-order valence-corrected chi connectivity index (χ3v) is 5.71. The number of carbonyl (C=O) groups is 3. The zero-order valence-corrected chi connectivity index (χ0v) is 15.6. The lowest BCUT2D eigenvalue weighted by Crippen LogP contribution is -2.51. The lowest BCUT2D eigenvalue weighted by Gasteiger charge is -2.37. The fourth-order valence-electron chi connectivity index (χ4n) is 3.97. The van der Waals surface area contributed by atoms with E-state index in [2.05, 4.69) is 0 Å². The molecule has 0 unspecified atom stereocenters. The number of nitrogens with zero attached hydrogens (tertiary/aromatic N) is 3. The molecular formula is C21H25N3O3. The van der Waals surface area contributed by atoms with Crippen molar-refractivity contribution in [2.45, 2.75) is 32.2 Å². The molecule has 0 bridgehead atoms. The summed E-state index contributed by atoms with van der Waals surface area (Å²) in [6, 6.07) is 7.61. The normalized spacial score (nSPS) is 21.8. The Morgan fingerprint density at radius 2 is 1.67 bits per heavy atom. The second-order valence-electron chi connectivity index (χ2n) is 7.57. The maximum atomic E-state index is 12.9. The number of fused-ring (bicyclic) bond motifs is 1. The second-order valence-corrected chi connectivity index (χ2v) is 7.57. The molecule has 0 spiro atoms. The highest BCUT2D eigenvalue weighted by atomic mass is 16.2. The van der Waals surface area contributed by atoms with Crippen molar-refractivity contribution in [3.63, 3.8) is 0 Å². The van der Waals surface area contributed by atoms with Gasteiger partial charge in [0.1, 0.15) is 0 Å². The van der Waals surface area contributed by atoms with E-state index in [0.717, 1.165) is 24.0 Å². The van der Waals surface area contributed by atoms with Gasteiger partial charge in [0.25, 0.3) is 0 Å². The SMILES string of the molecule is CC(=O)N1C=Cc2ccccc2[C@@H]1CC(=O)N1CCN(C(=O)C2CC2)CC1. The number of benzene rings is 1. The van der Waals surface area contributed by atoms with E-state index in [1.807, 2.05) is 40.1 Å². The molecule has 1 aromatic rings. The van der Waals surface area contributed by atoms with Gasteiger partial charge < -0.3 is 14.7 Å². The van der Waals surface area contributed by atoms with Gasteiger partial charge in [0, 0.05) is 45.2 Å². The van der Waals surface area contributed by atoms with Gasteiger partial charge in [0.2, 0.25) is 17.7 Å². The summed E-state index contributed by atoms with van der Waals surface area (Å²) in [6.07, 6.45) is 5.97. The van der Waals surface area contributed by atoms with Crippen LogP contribution < -0.4 is 0 Å². The summed E-state index contributed by atoms with van der Waals surface area (Å²) >= 11 is 0. The lowest BCUT2D eigenvalue weighted by atomic mass is 9.93. The van der Waals surface area contributed by atoms with Crippen LogP contribution in [0.25, 0.3) is 6.08 Å². The summed E-state index contributed by atoms with van der Waals surface area (Å²) in [7, 11) is 0. The lowest BCUT2D eigenvalue weighted by molar-refractivity contribution is -0.141. The quantitative estimate of drug-likeness (QED) is 0.821. The van der Waals surface area contributed by atoms with Crippen LogP contribution in [0.15, 0.2) is 30.5 Å². The molecule has 4 rings (SSSR count). The Labute approximate surface area is 159 Å². The van der Waals surface area contributed by atoms with E-state index < -0.39 is 0 Å². The van der Waals surface area contributed by atoms with Crippen molar-refractivity contribution in [3.05, 3.63) is 41.6 Å². The van der Waals surface area contributed by atoms with E-state index in [1.54, 1.807) is 11.1 Å². The van der Waals surface area contributed by atoms with Crippen molar-refractivity contribution < 1.29 is 14.4 Å². The number of carbonyl (C=O) groups excluding carboxylic acids is 3. The zero-order valence-electron chi connectivity index (χ0n) is 15.6. The Morgan fingerprint density at radius 3 is 2.33 bits per heavy atom. The van der Waals surface area contributed by atoms with Gasteiger partial charge in [-0.05, 0) is 30.0 Å². The van der Waals surface area contributed by atoms with Crippen LogP contribution in [0.2, 0.25) is 0 Å². The number of hydrogen-bond donors (Lipinski definition) is 0. The fraction of sp³-hybridized carbons (Fsp3) is 0.476. The summed E-state index contributed by atoms with van der Waals surface area (Å²) in [5, 5.41) is 0. The summed E-state index contributed by atoms with van der Waals surface area (Å²) in [5.41, 5.74) is 2.05. The molecule has 3 amide bonds. The molecule has 142 valence electrons. The predicted molar refractivity (Wildman–Crippen MR) is 101 cm³/mol. The van der Waals surface area contributed by atoms with E-state index >= 15 is 0 Å². The van der Waals surface area contributed by atoms with Crippen LogP contribution in [-0.4, -0.2) is 58.6 Å². The highest BCUT2D eigenvalue weighted by Gasteiger charge is 2.36. The Balaban J connectivity index is 1.43. The van der Waals surface area contributed by atoms with E-state index in [1.165, 1.54) is 6.92 Å². The van der Waals surface area contributed by atoms with Crippen LogP contribution in [0.5, 0.6) is 0 Å². The van der Waals surface area contributed by atoms with Crippen LogP contribution in [0.1, 0.15) is 43.4 Å². The van der Waals surface area contributed by atoms with Crippen molar-refractivity contribution in [2.24, 2.45) is 5.92 Å². The summed E-state index contributed by atoms with van der Waals surface area (Å²) in [5.74, 6) is 0.436. The molecule has 6 nitrogen and oxygen atoms in total. The van der Waals surface area contributed by atoms with Gasteiger partial charge in [0.05, 0.1) is 12.5 Å². The van der Waals surface area contributed by atoms with Crippen molar-refractivity contribution >= 4 is 23.8 Å². The number of amides is 3. The highest BCUT2D eigenvalue weighted by molar-refractivity contribution is 5.83. The highest BCUT2D eigenvalue weighted by Crippen LogP contribution is 2.34. The predicted octanol–water partition coefficient (Wildman–Crippen LogP) is 2.03. The molecule has 0 N–H and O–H groups in total. The maximum absolute atomic E-state index is 12.9. The minimum Gasteiger partial charge on any atom is -0.339 e. The molecule has 1 aliphatic carbocycles. The van der Waals surface area contributed by atoms with Gasteiger partial charge in [-0.15, -0.1) is 0 Å². The smallest absolute Gasteiger partial charge is 0.225 e. The summed E-state index contributed by atoms with van der Waals surface area (Å²) in [6.45, 7) is 3.89. The minimum absolute atomic E-state index is 0.0369. The molecule has 1 aromatic carbocycles. The van der Waals surface area contributed by atoms with E-state index in [4.69, 9.17) is 0 Å². The molecule has 0 radical (unpaired) electrons. The first kappa shape index (κ1) is 17.8. The van der Waals surface area contributed by atoms with Gasteiger partial charge in [-0.25, -0.2) is 0 Å². The van der Waals surface area contributed by atoms with Gasteiger partial charge in [-0.2, -0.15) is 0 Å². The molecule has 2 fully saturated rings. The molecule has 6 heteroatoms. The van der Waals surface area contributed by atoms with Crippen molar-refractivity contribution in [1.29, 1.82) is 0 Å². The number of piperazine rings is 1. The molecule has 1 saturated heterocycles. The van der Waals surface area contributed by atoms with Crippen LogP contribution in [-0.2, 0) is 14.4 Å². The minimum atomic E-state index is -0.276. The Bertz CT molecular complexity index is 792. The Hall–Kier alpha value is -2.63. The van der Waals surface area contributed by atoms with Gasteiger partial charge in [0.15, 0.2) is 0 Å². The van der Waals surface area contributed by atoms with E-state index in [9.17, 15) is 14.4 Å². The summed E-state index contributed by atoms with van der Waals surface area (Å²) < 4.78 is 0. The topological polar surface area (TPSA) is 60.9 Å².